The predicted molar refractivity (Wildman–Crippen MR) is 103 cm³/mol. The second-order valence-corrected chi connectivity index (χ2v) is 5.48. The highest BCUT2D eigenvalue weighted by Gasteiger charge is 1.94. The minimum absolute atomic E-state index is 0.0325. The zero-order valence-corrected chi connectivity index (χ0v) is 17.0. The fourth-order valence-corrected chi connectivity index (χ4v) is 1.85. The molecule has 0 saturated carbocycles. The van der Waals surface area contributed by atoms with Crippen molar-refractivity contribution in [3.8, 4) is 0 Å². The Morgan fingerprint density at radius 3 is 0.893 bits per heavy atom. The van der Waals surface area contributed by atoms with Crippen LogP contribution in [-0.2, 0) is 33.2 Å². The molecule has 0 aliphatic rings. The Hall–Kier alpha value is -0.400. The lowest BCUT2D eigenvalue weighted by atomic mass is 10.6. The second-order valence-electron chi connectivity index (χ2n) is 5.48. The third kappa shape index (κ3) is 25.6. The highest BCUT2D eigenvalue weighted by Crippen LogP contribution is 1.84. The lowest BCUT2D eigenvalue weighted by Crippen LogP contribution is -2.25. The number of ether oxygens (including phenoxy) is 7. The lowest BCUT2D eigenvalue weighted by Gasteiger charge is -2.08. The molecule has 3 N–H and O–H groups in total. The largest absolute Gasteiger partial charge is 0.394 e. The van der Waals surface area contributed by atoms with E-state index < -0.39 is 0 Å². The first-order chi connectivity index (χ1) is 13.9. The quantitative estimate of drug-likeness (QED) is 0.156. The topological polar surface area (TPSA) is 117 Å². The van der Waals surface area contributed by atoms with E-state index in [0.717, 1.165) is 13.1 Å². The fourth-order valence-electron chi connectivity index (χ4n) is 1.85. The van der Waals surface area contributed by atoms with Gasteiger partial charge in [-0.05, 0) is 0 Å². The van der Waals surface area contributed by atoms with Crippen LogP contribution in [0.5, 0.6) is 0 Å². The maximum absolute atomic E-state index is 8.53. The molecular weight excluding hydrogens is 374 g/mol. The van der Waals surface area contributed by atoms with E-state index in [1.807, 2.05) is 0 Å². The number of rotatable bonds is 25. The van der Waals surface area contributed by atoms with E-state index in [2.05, 4.69) is 5.32 Å². The van der Waals surface area contributed by atoms with Gasteiger partial charge in [0.05, 0.1) is 106 Å². The Morgan fingerprint density at radius 2 is 0.607 bits per heavy atom. The molecule has 0 rings (SSSR count). The Morgan fingerprint density at radius 1 is 0.357 bits per heavy atom. The summed E-state index contributed by atoms with van der Waals surface area (Å²) in [5.74, 6) is 0. The average Bonchev–Trinajstić information content (AvgIpc) is 2.71. The third-order valence-electron chi connectivity index (χ3n) is 3.18. The maximum Gasteiger partial charge on any atom is 0.0701 e. The average molecular weight is 414 g/mol. The molecule has 0 heterocycles. The van der Waals surface area contributed by atoms with Gasteiger partial charge in [-0.15, -0.1) is 0 Å². The van der Waals surface area contributed by atoms with Crippen LogP contribution in [-0.4, -0.2) is 129 Å². The smallest absolute Gasteiger partial charge is 0.0701 e. The molecule has 10 heteroatoms. The zero-order valence-electron chi connectivity index (χ0n) is 17.0. The standard InChI is InChI=1S/C18H39NO9/c20-3-7-24-11-9-22-5-1-19-2-6-23-10-13-26-15-17-28-18-16-27-14-12-25-8-4-21/h19-21H,1-18H2. The highest BCUT2D eigenvalue weighted by molar-refractivity contribution is 4.45. The molecule has 0 aromatic heterocycles. The van der Waals surface area contributed by atoms with Crippen LogP contribution in [0.3, 0.4) is 0 Å². The van der Waals surface area contributed by atoms with Gasteiger partial charge in [0, 0.05) is 13.1 Å². The van der Waals surface area contributed by atoms with E-state index in [4.69, 9.17) is 43.4 Å². The summed E-state index contributed by atoms with van der Waals surface area (Å²) in [5, 5.41) is 20.3. The van der Waals surface area contributed by atoms with Crippen LogP contribution in [0.25, 0.3) is 0 Å². The number of nitrogens with one attached hydrogen (secondary N) is 1. The minimum Gasteiger partial charge on any atom is -0.394 e. The monoisotopic (exact) mass is 413 g/mol. The molecule has 0 bridgehead atoms. The highest BCUT2D eigenvalue weighted by atomic mass is 16.6. The van der Waals surface area contributed by atoms with Crippen molar-refractivity contribution in [2.75, 3.05) is 119 Å². The summed E-state index contributed by atoms with van der Waals surface area (Å²) in [6, 6.07) is 0. The zero-order chi connectivity index (χ0) is 20.4. The van der Waals surface area contributed by atoms with Gasteiger partial charge in [0.1, 0.15) is 0 Å². The molecule has 0 fully saturated rings. The van der Waals surface area contributed by atoms with Gasteiger partial charge >= 0.3 is 0 Å². The molecule has 170 valence electrons. The molecule has 0 amide bonds. The molecule has 0 saturated heterocycles. The van der Waals surface area contributed by atoms with Crippen molar-refractivity contribution in [3.05, 3.63) is 0 Å². The molecule has 0 aromatic rings. The van der Waals surface area contributed by atoms with Gasteiger partial charge in [-0.2, -0.15) is 0 Å². The number of aliphatic hydroxyl groups is 2. The summed E-state index contributed by atoms with van der Waals surface area (Å²) in [6.07, 6.45) is 0. The molecule has 0 unspecified atom stereocenters. The minimum atomic E-state index is 0.0325. The summed E-state index contributed by atoms with van der Waals surface area (Å²) in [5.41, 5.74) is 0. The van der Waals surface area contributed by atoms with Crippen LogP contribution >= 0.6 is 0 Å². The molecule has 0 aliphatic carbocycles. The van der Waals surface area contributed by atoms with E-state index in [-0.39, 0.29) is 13.2 Å². The van der Waals surface area contributed by atoms with Gasteiger partial charge in [0.25, 0.3) is 0 Å². The van der Waals surface area contributed by atoms with Crippen LogP contribution in [0, 0.1) is 0 Å². The van der Waals surface area contributed by atoms with Crippen molar-refractivity contribution in [1.82, 2.24) is 5.32 Å². The van der Waals surface area contributed by atoms with Crippen LogP contribution in [0.15, 0.2) is 0 Å². The molecule has 0 aromatic carbocycles. The number of hydrogen-bond acceptors (Lipinski definition) is 10. The van der Waals surface area contributed by atoms with E-state index >= 15 is 0 Å². The first-order valence-corrected chi connectivity index (χ1v) is 9.88. The number of aliphatic hydroxyl groups excluding tert-OH is 2. The molecule has 10 nitrogen and oxygen atoms in total. The number of hydrogen-bond donors (Lipinski definition) is 3. The van der Waals surface area contributed by atoms with Crippen LogP contribution < -0.4 is 5.32 Å². The SMILES string of the molecule is OCCOCCOCCNCCOCCOCCOCCOCCOCCO. The first-order valence-electron chi connectivity index (χ1n) is 9.88. The Labute approximate surface area is 168 Å². The van der Waals surface area contributed by atoms with E-state index in [1.165, 1.54) is 0 Å². The van der Waals surface area contributed by atoms with Crippen LogP contribution in [0.2, 0.25) is 0 Å². The van der Waals surface area contributed by atoms with Crippen molar-refractivity contribution in [1.29, 1.82) is 0 Å². The van der Waals surface area contributed by atoms with Crippen molar-refractivity contribution in [2.24, 2.45) is 0 Å². The van der Waals surface area contributed by atoms with Gasteiger partial charge in [-0.1, -0.05) is 0 Å². The van der Waals surface area contributed by atoms with Crippen molar-refractivity contribution >= 4 is 0 Å². The van der Waals surface area contributed by atoms with E-state index in [1.54, 1.807) is 0 Å². The fraction of sp³-hybridized carbons (Fsp3) is 1.00. The summed E-state index contributed by atoms with van der Waals surface area (Å²) in [7, 11) is 0. The maximum atomic E-state index is 8.53. The molecule has 0 aliphatic heterocycles. The summed E-state index contributed by atoms with van der Waals surface area (Å²) in [4.78, 5) is 0. The molecule has 0 radical (unpaired) electrons. The molecule has 0 spiro atoms. The van der Waals surface area contributed by atoms with Crippen LogP contribution in [0.1, 0.15) is 0 Å². The Bertz CT molecular complexity index is 249. The van der Waals surface area contributed by atoms with Crippen molar-refractivity contribution in [2.45, 2.75) is 0 Å². The summed E-state index contributed by atoms with van der Waals surface area (Å²) < 4.78 is 37.0. The first kappa shape index (κ1) is 27.6. The summed E-state index contributed by atoms with van der Waals surface area (Å²) in [6.45, 7) is 8.74. The molecule has 28 heavy (non-hydrogen) atoms. The van der Waals surface area contributed by atoms with Gasteiger partial charge in [0.15, 0.2) is 0 Å². The summed E-state index contributed by atoms with van der Waals surface area (Å²) >= 11 is 0. The van der Waals surface area contributed by atoms with Gasteiger partial charge < -0.3 is 48.7 Å². The molecular formula is C18H39NO9. The van der Waals surface area contributed by atoms with Gasteiger partial charge in [-0.25, -0.2) is 0 Å². The third-order valence-corrected chi connectivity index (χ3v) is 3.18. The Kier molecular flexibility index (Phi) is 26.2. The normalized spacial score (nSPS) is 11.4. The molecule has 0 atom stereocenters. The van der Waals surface area contributed by atoms with Gasteiger partial charge in [0.2, 0.25) is 0 Å². The van der Waals surface area contributed by atoms with Crippen molar-refractivity contribution < 1.29 is 43.4 Å². The second kappa shape index (κ2) is 26.6. The van der Waals surface area contributed by atoms with Gasteiger partial charge in [-0.3, -0.25) is 0 Å². The van der Waals surface area contributed by atoms with E-state index in [9.17, 15) is 0 Å². The van der Waals surface area contributed by atoms with Crippen LogP contribution in [0.4, 0.5) is 0 Å². The predicted octanol–water partition coefficient (Wildman–Crippen LogP) is -1.32. The van der Waals surface area contributed by atoms with Crippen molar-refractivity contribution in [3.63, 3.8) is 0 Å². The Balaban J connectivity index is 2.96. The lowest BCUT2D eigenvalue weighted by molar-refractivity contribution is -0.0131. The van der Waals surface area contributed by atoms with E-state index in [0.29, 0.717) is 92.5 Å².